The molecule has 142 valence electrons. The Labute approximate surface area is 161 Å². The highest BCUT2D eigenvalue weighted by Gasteiger charge is 2.23. The van der Waals surface area contributed by atoms with Crippen molar-refractivity contribution in [1.82, 2.24) is 24.4 Å². The Balaban J connectivity index is 1.50. The van der Waals surface area contributed by atoms with Gasteiger partial charge >= 0.3 is 0 Å². The van der Waals surface area contributed by atoms with E-state index in [-0.39, 0.29) is 16.7 Å². The molecule has 1 N–H and O–H groups in total. The summed E-state index contributed by atoms with van der Waals surface area (Å²) in [5.74, 6) is -0.357. The van der Waals surface area contributed by atoms with Gasteiger partial charge in [0.25, 0.3) is 10.0 Å². The summed E-state index contributed by atoms with van der Waals surface area (Å²) in [6.45, 7) is 0.720. The number of aromatic nitrogens is 3. The number of hydrogen-bond acceptors (Lipinski definition) is 6. The van der Waals surface area contributed by atoms with E-state index in [1.165, 1.54) is 19.4 Å². The Morgan fingerprint density at radius 3 is 2.59 bits per heavy atom. The quantitative estimate of drug-likeness (QED) is 0.610. The molecule has 27 heavy (non-hydrogen) atoms. The molecule has 3 rings (SSSR count). The Bertz CT molecular complexity index is 968. The summed E-state index contributed by atoms with van der Waals surface area (Å²) in [4.78, 5) is 16.0. The molecule has 0 unspecified atom stereocenters. The van der Waals surface area contributed by atoms with Gasteiger partial charge in [-0.05, 0) is 22.6 Å². The number of carbonyl (C=O) groups excluding carboxylic acids is 1. The lowest BCUT2D eigenvalue weighted by Crippen LogP contribution is -2.37. The van der Waals surface area contributed by atoms with E-state index in [4.69, 9.17) is 0 Å². The number of nitrogens with one attached hydrogen (secondary N) is 1. The van der Waals surface area contributed by atoms with Crippen molar-refractivity contribution in [2.45, 2.75) is 17.3 Å². The van der Waals surface area contributed by atoms with Crippen LogP contribution in [-0.4, -0.2) is 47.0 Å². The van der Waals surface area contributed by atoms with E-state index < -0.39 is 10.0 Å². The van der Waals surface area contributed by atoms with Crippen molar-refractivity contribution >= 4 is 27.3 Å². The molecule has 1 aromatic carbocycles. The van der Waals surface area contributed by atoms with Crippen LogP contribution in [0, 0.1) is 0 Å². The average molecular weight is 406 g/mol. The Hall–Kier alpha value is -2.56. The summed E-state index contributed by atoms with van der Waals surface area (Å²) in [6, 6.07) is 10.9. The van der Waals surface area contributed by atoms with Gasteiger partial charge in [0, 0.05) is 13.6 Å². The van der Waals surface area contributed by atoms with Crippen LogP contribution in [0.25, 0.3) is 0 Å². The number of likely N-dealkylation sites (N-methyl/N-ethyl adjacent to an activating group) is 1. The summed E-state index contributed by atoms with van der Waals surface area (Å²) < 4.78 is 27.6. The van der Waals surface area contributed by atoms with Crippen LogP contribution in [-0.2, 0) is 27.9 Å². The summed E-state index contributed by atoms with van der Waals surface area (Å²) in [5.41, 5.74) is 1.99. The maximum absolute atomic E-state index is 12.3. The smallest absolute Gasteiger partial charge is 0.252 e. The third-order valence-corrected chi connectivity index (χ3v) is 7.03. The summed E-state index contributed by atoms with van der Waals surface area (Å²) in [7, 11) is -2.23. The van der Waals surface area contributed by atoms with E-state index in [1.54, 1.807) is 22.5 Å². The van der Waals surface area contributed by atoms with E-state index in [9.17, 15) is 13.2 Å². The van der Waals surface area contributed by atoms with Gasteiger partial charge in [0.2, 0.25) is 5.91 Å². The van der Waals surface area contributed by atoms with Gasteiger partial charge in [0.1, 0.15) is 16.9 Å². The fourth-order valence-electron chi connectivity index (χ4n) is 2.37. The molecule has 3 aromatic rings. The number of hydrogen-bond donors (Lipinski definition) is 1. The van der Waals surface area contributed by atoms with Crippen LogP contribution < -0.4 is 5.32 Å². The van der Waals surface area contributed by atoms with E-state index in [0.29, 0.717) is 13.1 Å². The number of carbonyl (C=O) groups is 1. The van der Waals surface area contributed by atoms with Crippen LogP contribution in [0.15, 0.2) is 58.6 Å². The topological polar surface area (TPSA) is 97.2 Å². The predicted octanol–water partition coefficient (Wildman–Crippen LogP) is 1.32. The van der Waals surface area contributed by atoms with Crippen molar-refractivity contribution in [2.24, 2.45) is 0 Å². The van der Waals surface area contributed by atoms with Crippen LogP contribution in [0.5, 0.6) is 0 Å². The molecule has 10 heteroatoms. The van der Waals surface area contributed by atoms with E-state index in [0.717, 1.165) is 26.8 Å². The zero-order chi connectivity index (χ0) is 19.3. The van der Waals surface area contributed by atoms with Gasteiger partial charge in [0.05, 0.1) is 13.1 Å². The minimum atomic E-state index is -3.63. The van der Waals surface area contributed by atoms with Gasteiger partial charge in [-0.15, -0.1) is 11.3 Å². The minimum absolute atomic E-state index is 0.223. The minimum Gasteiger partial charge on any atom is -0.351 e. The second-order valence-corrected chi connectivity index (χ2v) is 9.10. The summed E-state index contributed by atoms with van der Waals surface area (Å²) in [6.07, 6.45) is 3.13. The van der Waals surface area contributed by atoms with E-state index in [2.05, 4.69) is 15.4 Å². The molecular weight excluding hydrogens is 386 g/mol. The second-order valence-electron chi connectivity index (χ2n) is 5.88. The molecule has 0 saturated heterocycles. The van der Waals surface area contributed by atoms with Crippen LogP contribution in [0.3, 0.4) is 0 Å². The van der Waals surface area contributed by atoms with Gasteiger partial charge < -0.3 is 5.32 Å². The van der Waals surface area contributed by atoms with Crippen molar-refractivity contribution in [3.05, 3.63) is 65.6 Å². The first-order valence-electron chi connectivity index (χ1n) is 8.12. The number of thiophene rings is 1. The van der Waals surface area contributed by atoms with Crippen molar-refractivity contribution in [2.75, 3.05) is 13.6 Å². The molecule has 1 amide bonds. The molecule has 0 radical (unpaired) electrons. The lowest BCUT2D eigenvalue weighted by Gasteiger charge is -2.15. The Morgan fingerprint density at radius 1 is 1.22 bits per heavy atom. The van der Waals surface area contributed by atoms with E-state index in [1.807, 2.05) is 24.3 Å². The highest BCUT2D eigenvalue weighted by atomic mass is 32.2. The van der Waals surface area contributed by atoms with Crippen molar-refractivity contribution in [3.8, 4) is 0 Å². The molecule has 0 aliphatic rings. The zero-order valence-corrected chi connectivity index (χ0v) is 16.3. The van der Waals surface area contributed by atoms with Crippen LogP contribution in [0.1, 0.15) is 11.1 Å². The maximum Gasteiger partial charge on any atom is 0.252 e. The highest BCUT2D eigenvalue weighted by Crippen LogP contribution is 2.19. The monoisotopic (exact) mass is 405 g/mol. The van der Waals surface area contributed by atoms with Crippen molar-refractivity contribution < 1.29 is 13.2 Å². The first kappa shape index (κ1) is 19.2. The first-order chi connectivity index (χ1) is 12.9. The van der Waals surface area contributed by atoms with Crippen LogP contribution in [0.2, 0.25) is 0 Å². The van der Waals surface area contributed by atoms with Gasteiger partial charge in [-0.1, -0.05) is 30.3 Å². The lowest BCUT2D eigenvalue weighted by molar-refractivity contribution is -0.121. The number of rotatable bonds is 8. The van der Waals surface area contributed by atoms with Gasteiger partial charge in [0.15, 0.2) is 0 Å². The zero-order valence-electron chi connectivity index (χ0n) is 14.6. The molecule has 0 spiro atoms. The number of amides is 1. The van der Waals surface area contributed by atoms with E-state index >= 15 is 0 Å². The molecule has 0 atom stereocenters. The molecule has 0 saturated carbocycles. The average Bonchev–Trinajstić information content (AvgIpc) is 3.35. The lowest BCUT2D eigenvalue weighted by atomic mass is 10.1. The van der Waals surface area contributed by atoms with Gasteiger partial charge in [-0.2, -0.15) is 9.40 Å². The molecule has 2 heterocycles. The highest BCUT2D eigenvalue weighted by molar-refractivity contribution is 7.91. The molecule has 0 bridgehead atoms. The molecular formula is C17H19N5O3S2. The van der Waals surface area contributed by atoms with Crippen LogP contribution >= 0.6 is 11.3 Å². The summed E-state index contributed by atoms with van der Waals surface area (Å²) >= 11 is 1.13. The van der Waals surface area contributed by atoms with Crippen molar-refractivity contribution in [3.63, 3.8) is 0 Å². The predicted molar refractivity (Wildman–Crippen MR) is 102 cm³/mol. The molecule has 2 aromatic heterocycles. The maximum atomic E-state index is 12.3. The third-order valence-electron chi connectivity index (χ3n) is 3.85. The first-order valence-corrected chi connectivity index (χ1v) is 10.4. The Kier molecular flexibility index (Phi) is 5.99. The van der Waals surface area contributed by atoms with Gasteiger partial charge in [-0.25, -0.2) is 18.1 Å². The molecule has 0 aliphatic carbocycles. The van der Waals surface area contributed by atoms with Gasteiger partial charge in [-0.3, -0.25) is 4.79 Å². The van der Waals surface area contributed by atoms with Crippen molar-refractivity contribution in [1.29, 1.82) is 0 Å². The fraction of sp³-hybridized carbons (Fsp3) is 0.235. The Morgan fingerprint density at radius 2 is 1.96 bits per heavy atom. The molecule has 0 fully saturated rings. The number of nitrogens with zero attached hydrogens (tertiary/aromatic N) is 4. The fourth-order valence-corrected chi connectivity index (χ4v) is 4.70. The number of sulfonamides is 1. The SMILES string of the molecule is CN(CC(=O)NCc1ccc(Cn2cncn2)cc1)S(=O)(=O)c1cccs1. The summed E-state index contributed by atoms with van der Waals surface area (Å²) in [5, 5.41) is 8.49. The standard InChI is InChI=1S/C17H19N5O3S2/c1-21(27(24,25)17-3-2-8-26-17)11-16(23)19-9-14-4-6-15(7-5-14)10-22-13-18-12-20-22/h2-8,12-13H,9-11H2,1H3,(H,19,23). The molecule has 8 nitrogen and oxygen atoms in total. The second kappa shape index (κ2) is 8.42. The third kappa shape index (κ3) is 5.00. The normalized spacial score (nSPS) is 11.6. The van der Waals surface area contributed by atoms with Crippen LogP contribution in [0.4, 0.5) is 0 Å². The number of benzene rings is 1. The largest absolute Gasteiger partial charge is 0.351 e. The molecule has 0 aliphatic heterocycles.